The van der Waals surface area contributed by atoms with E-state index in [1.807, 2.05) is 51.1 Å². The van der Waals surface area contributed by atoms with Crippen molar-refractivity contribution < 1.29 is 14.6 Å². The number of benzene rings is 1. The van der Waals surface area contributed by atoms with E-state index >= 15 is 0 Å². The Bertz CT molecular complexity index is 453. The number of carbonyl (C=O) groups excluding carboxylic acids is 1. The first-order valence-electron chi connectivity index (χ1n) is 7.08. The molecule has 0 unspecified atom stereocenters. The van der Waals surface area contributed by atoms with Crippen molar-refractivity contribution in [3.63, 3.8) is 0 Å². The highest BCUT2D eigenvalue weighted by molar-refractivity contribution is 5.68. The second-order valence-electron chi connectivity index (χ2n) is 6.30. The summed E-state index contributed by atoms with van der Waals surface area (Å²) in [4.78, 5) is 13.6. The number of β-amino-alcohol motifs (C(OH)–C–C–N with tert-alkyl or cyclic N) is 1. The smallest absolute Gasteiger partial charge is 0.410 e. The number of hydrogen-bond acceptors (Lipinski definition) is 3. The molecule has 110 valence electrons. The molecule has 20 heavy (non-hydrogen) atoms. The molecule has 4 nitrogen and oxygen atoms in total. The summed E-state index contributed by atoms with van der Waals surface area (Å²) in [7, 11) is 0. The third-order valence-electron chi connectivity index (χ3n) is 3.46. The van der Waals surface area contributed by atoms with E-state index in [1.54, 1.807) is 4.90 Å². The number of ether oxygens (including phenoxy) is 1. The van der Waals surface area contributed by atoms with Gasteiger partial charge in [0.1, 0.15) is 5.60 Å². The number of hydrogen-bond donors (Lipinski definition) is 1. The van der Waals surface area contributed by atoms with Crippen LogP contribution in [0, 0.1) is 0 Å². The molecule has 1 aromatic rings. The Morgan fingerprint density at radius 1 is 1.30 bits per heavy atom. The van der Waals surface area contributed by atoms with Crippen molar-refractivity contribution in [2.24, 2.45) is 0 Å². The molecule has 1 aliphatic heterocycles. The molecular formula is C16H23NO3. The zero-order valence-corrected chi connectivity index (χ0v) is 12.4. The van der Waals surface area contributed by atoms with Gasteiger partial charge in [-0.2, -0.15) is 0 Å². The van der Waals surface area contributed by atoms with Crippen LogP contribution in [0.15, 0.2) is 30.3 Å². The van der Waals surface area contributed by atoms with Gasteiger partial charge in [-0.05, 0) is 32.8 Å². The fraction of sp³-hybridized carbons (Fsp3) is 0.562. The minimum Gasteiger partial charge on any atom is -0.444 e. The number of aliphatic hydroxyl groups is 1. The van der Waals surface area contributed by atoms with Crippen LogP contribution in [0.2, 0.25) is 0 Å². The molecular weight excluding hydrogens is 254 g/mol. The Kier molecular flexibility index (Phi) is 4.33. The van der Waals surface area contributed by atoms with E-state index in [2.05, 4.69) is 0 Å². The summed E-state index contributed by atoms with van der Waals surface area (Å²) in [5.74, 6) is 0.0925. The van der Waals surface area contributed by atoms with Crippen LogP contribution in [0.5, 0.6) is 0 Å². The van der Waals surface area contributed by atoms with Crippen molar-refractivity contribution in [2.75, 3.05) is 13.1 Å². The summed E-state index contributed by atoms with van der Waals surface area (Å²) in [6.45, 7) is 6.48. The lowest BCUT2D eigenvalue weighted by molar-refractivity contribution is -0.00151. The SMILES string of the molecule is CC(C)(C)OC(=O)N1CC[C@H](c2ccccc2)[C@H](O)C1. The number of piperidine rings is 1. The lowest BCUT2D eigenvalue weighted by atomic mass is 9.87. The van der Waals surface area contributed by atoms with Gasteiger partial charge in [-0.25, -0.2) is 4.79 Å². The Morgan fingerprint density at radius 3 is 2.50 bits per heavy atom. The van der Waals surface area contributed by atoms with Crippen LogP contribution in [0.3, 0.4) is 0 Å². The molecule has 1 amide bonds. The highest BCUT2D eigenvalue weighted by Gasteiger charge is 2.33. The van der Waals surface area contributed by atoms with Crippen LogP contribution in [0.25, 0.3) is 0 Å². The van der Waals surface area contributed by atoms with Crippen LogP contribution in [0.1, 0.15) is 38.7 Å². The van der Waals surface area contributed by atoms with Gasteiger partial charge in [0.05, 0.1) is 12.6 Å². The molecule has 0 aromatic heterocycles. The molecule has 1 aromatic carbocycles. The molecule has 0 spiro atoms. The zero-order chi connectivity index (χ0) is 14.8. The second-order valence-corrected chi connectivity index (χ2v) is 6.30. The third kappa shape index (κ3) is 3.73. The van der Waals surface area contributed by atoms with Crippen molar-refractivity contribution in [3.05, 3.63) is 35.9 Å². The Morgan fingerprint density at radius 2 is 1.95 bits per heavy atom. The van der Waals surface area contributed by atoms with Crippen LogP contribution >= 0.6 is 0 Å². The van der Waals surface area contributed by atoms with Gasteiger partial charge >= 0.3 is 6.09 Å². The Labute approximate surface area is 120 Å². The minimum absolute atomic E-state index is 0.0925. The van der Waals surface area contributed by atoms with Crippen LogP contribution in [-0.2, 0) is 4.74 Å². The predicted octanol–water partition coefficient (Wildman–Crippen LogP) is 2.77. The maximum atomic E-state index is 12.0. The highest BCUT2D eigenvalue weighted by atomic mass is 16.6. The van der Waals surface area contributed by atoms with Gasteiger partial charge in [0.2, 0.25) is 0 Å². The largest absolute Gasteiger partial charge is 0.444 e. The van der Waals surface area contributed by atoms with Crippen molar-refractivity contribution in [1.29, 1.82) is 0 Å². The van der Waals surface area contributed by atoms with E-state index in [0.717, 1.165) is 12.0 Å². The molecule has 0 saturated carbocycles. The number of rotatable bonds is 1. The molecule has 0 aliphatic carbocycles. The van der Waals surface area contributed by atoms with Gasteiger partial charge in [0.25, 0.3) is 0 Å². The van der Waals surface area contributed by atoms with Gasteiger partial charge in [-0.15, -0.1) is 0 Å². The number of amides is 1. The summed E-state index contributed by atoms with van der Waals surface area (Å²) in [6.07, 6.45) is -0.133. The van der Waals surface area contributed by atoms with Crippen molar-refractivity contribution in [3.8, 4) is 0 Å². The average Bonchev–Trinajstić information content (AvgIpc) is 2.37. The standard InChI is InChI=1S/C16H23NO3/c1-16(2,3)20-15(19)17-10-9-13(14(18)11-17)12-7-5-4-6-8-12/h4-8,13-14,18H,9-11H2,1-3H3/t13-,14-/m1/s1. The normalized spacial score (nSPS) is 23.5. The third-order valence-corrected chi connectivity index (χ3v) is 3.46. The van der Waals surface area contributed by atoms with Crippen molar-refractivity contribution in [1.82, 2.24) is 4.90 Å². The summed E-state index contributed by atoms with van der Waals surface area (Å²) < 4.78 is 5.34. The molecule has 1 fully saturated rings. The monoisotopic (exact) mass is 277 g/mol. The van der Waals surface area contributed by atoms with Crippen molar-refractivity contribution >= 4 is 6.09 Å². The Hall–Kier alpha value is -1.55. The number of nitrogens with zero attached hydrogens (tertiary/aromatic N) is 1. The van der Waals surface area contributed by atoms with E-state index in [-0.39, 0.29) is 12.0 Å². The summed E-state index contributed by atoms with van der Waals surface area (Å²) in [6, 6.07) is 9.96. The van der Waals surface area contributed by atoms with E-state index in [0.29, 0.717) is 13.1 Å². The molecule has 0 radical (unpaired) electrons. The number of carbonyl (C=O) groups is 1. The zero-order valence-electron chi connectivity index (χ0n) is 12.4. The quantitative estimate of drug-likeness (QED) is 0.858. The number of aliphatic hydroxyl groups excluding tert-OH is 1. The first-order chi connectivity index (χ1) is 9.37. The second kappa shape index (κ2) is 5.83. The van der Waals surface area contributed by atoms with Crippen LogP contribution < -0.4 is 0 Å². The van der Waals surface area contributed by atoms with E-state index < -0.39 is 11.7 Å². The van der Waals surface area contributed by atoms with Gasteiger partial charge in [-0.3, -0.25) is 0 Å². The topological polar surface area (TPSA) is 49.8 Å². The Balaban J connectivity index is 1.97. The maximum Gasteiger partial charge on any atom is 0.410 e. The minimum atomic E-state index is -0.543. The summed E-state index contributed by atoms with van der Waals surface area (Å²) >= 11 is 0. The lowest BCUT2D eigenvalue weighted by Gasteiger charge is -2.36. The molecule has 0 bridgehead atoms. The fourth-order valence-electron chi connectivity index (χ4n) is 2.51. The van der Waals surface area contributed by atoms with Gasteiger partial charge in [0, 0.05) is 12.5 Å². The molecule has 1 heterocycles. The van der Waals surface area contributed by atoms with Gasteiger partial charge in [0.15, 0.2) is 0 Å². The maximum absolute atomic E-state index is 12.0. The molecule has 2 atom stereocenters. The molecule has 1 aliphatic rings. The molecule has 1 saturated heterocycles. The summed E-state index contributed by atoms with van der Waals surface area (Å²) in [5.41, 5.74) is 0.627. The summed E-state index contributed by atoms with van der Waals surface area (Å²) in [5, 5.41) is 10.3. The molecule has 4 heteroatoms. The van der Waals surface area contributed by atoms with Crippen LogP contribution in [0.4, 0.5) is 4.79 Å². The van der Waals surface area contributed by atoms with Gasteiger partial charge < -0.3 is 14.7 Å². The first-order valence-corrected chi connectivity index (χ1v) is 7.08. The highest BCUT2D eigenvalue weighted by Crippen LogP contribution is 2.28. The average molecular weight is 277 g/mol. The molecule has 1 N–H and O–H groups in total. The predicted molar refractivity (Wildman–Crippen MR) is 77.6 cm³/mol. The van der Waals surface area contributed by atoms with E-state index in [9.17, 15) is 9.90 Å². The lowest BCUT2D eigenvalue weighted by Crippen LogP contribution is -2.47. The molecule has 2 rings (SSSR count). The first kappa shape index (κ1) is 14.9. The fourth-order valence-corrected chi connectivity index (χ4v) is 2.51. The number of likely N-dealkylation sites (tertiary alicyclic amines) is 1. The van der Waals surface area contributed by atoms with E-state index in [1.165, 1.54) is 0 Å². The van der Waals surface area contributed by atoms with E-state index in [4.69, 9.17) is 4.74 Å². The van der Waals surface area contributed by atoms with Crippen LogP contribution in [-0.4, -0.2) is 40.9 Å². The van der Waals surface area contributed by atoms with Gasteiger partial charge in [-0.1, -0.05) is 30.3 Å². The van der Waals surface area contributed by atoms with Crippen molar-refractivity contribution in [2.45, 2.75) is 44.8 Å².